The van der Waals surface area contributed by atoms with Crippen LogP contribution in [-0.2, 0) is 0 Å². The van der Waals surface area contributed by atoms with Gasteiger partial charge in [0.1, 0.15) is 6.07 Å². The summed E-state index contributed by atoms with van der Waals surface area (Å²) in [7, 11) is 0. The molecule has 1 rings (SSSR count). The fraction of sp³-hybridized carbons (Fsp3) is 0. The highest BCUT2D eigenvalue weighted by molar-refractivity contribution is 5.83. The summed E-state index contributed by atoms with van der Waals surface area (Å²) in [6.45, 7) is 0. The van der Waals surface area contributed by atoms with E-state index in [1.54, 1.807) is 18.2 Å². The van der Waals surface area contributed by atoms with Crippen molar-refractivity contribution in [3.05, 3.63) is 29.3 Å². The first-order chi connectivity index (χ1) is 7.13. The molecule has 0 spiro atoms. The molecular weight excluding hydrogens is 192 g/mol. The fourth-order valence-electron chi connectivity index (χ4n) is 0.913. The van der Waals surface area contributed by atoms with E-state index in [9.17, 15) is 0 Å². The molecule has 15 heavy (non-hydrogen) atoms. The van der Waals surface area contributed by atoms with Gasteiger partial charge >= 0.3 is 0 Å². The molecule has 0 aliphatic carbocycles. The maximum Gasteiger partial charge on any atom is 0.211 e. The Kier molecular flexibility index (Phi) is 3.24. The predicted octanol–water partition coefficient (Wildman–Crippen LogP) is -0.252. The Balaban J connectivity index is 2.94. The van der Waals surface area contributed by atoms with Gasteiger partial charge in [0.05, 0.1) is 11.8 Å². The first kappa shape index (κ1) is 10.5. The summed E-state index contributed by atoms with van der Waals surface area (Å²) >= 11 is 0. The number of nitrogens with zero attached hydrogens (tertiary/aromatic N) is 3. The van der Waals surface area contributed by atoms with Crippen LogP contribution in [0.1, 0.15) is 11.1 Å². The second-order valence-corrected chi connectivity index (χ2v) is 2.73. The normalized spacial score (nSPS) is 9.80. The molecular formula is C9H10N6. The molecule has 0 aromatic heterocycles. The van der Waals surface area contributed by atoms with Gasteiger partial charge in [-0.15, -0.1) is 5.10 Å². The molecule has 76 valence electrons. The zero-order valence-corrected chi connectivity index (χ0v) is 7.88. The zero-order chi connectivity index (χ0) is 11.3. The maximum absolute atomic E-state index is 8.71. The molecule has 0 saturated heterocycles. The molecule has 0 heterocycles. The first-order valence-electron chi connectivity index (χ1n) is 4.05. The standard InChI is InChI=1S/C9H10N6/c10-4-7-3-6(1-2-8(7)11)5-14-15-9(12)13/h1-3,5H,11H2,(H4,12,13,15). The molecule has 0 bridgehead atoms. The third-order valence-corrected chi connectivity index (χ3v) is 1.58. The van der Waals surface area contributed by atoms with Crippen molar-refractivity contribution in [2.75, 3.05) is 5.73 Å². The van der Waals surface area contributed by atoms with Crippen molar-refractivity contribution in [1.29, 1.82) is 5.26 Å². The van der Waals surface area contributed by atoms with Gasteiger partial charge in [-0.05, 0) is 17.7 Å². The van der Waals surface area contributed by atoms with E-state index in [1.165, 1.54) is 6.21 Å². The summed E-state index contributed by atoms with van der Waals surface area (Å²) in [4.78, 5) is 0. The second kappa shape index (κ2) is 4.62. The monoisotopic (exact) mass is 202 g/mol. The molecule has 0 amide bonds. The van der Waals surface area contributed by atoms with Gasteiger partial charge in [0.25, 0.3) is 0 Å². The zero-order valence-electron chi connectivity index (χ0n) is 7.88. The predicted molar refractivity (Wildman–Crippen MR) is 59.0 cm³/mol. The van der Waals surface area contributed by atoms with Gasteiger partial charge in [0.2, 0.25) is 5.96 Å². The molecule has 0 fully saturated rings. The second-order valence-electron chi connectivity index (χ2n) is 2.73. The molecule has 0 unspecified atom stereocenters. The Hall–Kier alpha value is -2.55. The van der Waals surface area contributed by atoms with E-state index >= 15 is 0 Å². The lowest BCUT2D eigenvalue weighted by molar-refractivity contribution is 1.21. The van der Waals surface area contributed by atoms with Crippen molar-refractivity contribution >= 4 is 17.9 Å². The van der Waals surface area contributed by atoms with Crippen molar-refractivity contribution in [2.45, 2.75) is 0 Å². The van der Waals surface area contributed by atoms with Gasteiger partial charge in [0.15, 0.2) is 0 Å². The summed E-state index contributed by atoms with van der Waals surface area (Å²) in [6, 6.07) is 6.89. The Bertz CT molecular complexity index is 450. The summed E-state index contributed by atoms with van der Waals surface area (Å²) in [6.07, 6.45) is 1.43. The molecule has 1 aromatic carbocycles. The topological polar surface area (TPSA) is 127 Å². The Morgan fingerprint density at radius 1 is 1.40 bits per heavy atom. The highest BCUT2D eigenvalue weighted by Gasteiger charge is 1.97. The van der Waals surface area contributed by atoms with Crippen molar-refractivity contribution < 1.29 is 0 Å². The van der Waals surface area contributed by atoms with Crippen LogP contribution in [-0.4, -0.2) is 12.2 Å². The van der Waals surface area contributed by atoms with Gasteiger partial charge in [-0.25, -0.2) is 0 Å². The highest BCUT2D eigenvalue weighted by Crippen LogP contribution is 2.11. The Morgan fingerprint density at radius 3 is 2.73 bits per heavy atom. The third-order valence-electron chi connectivity index (χ3n) is 1.58. The van der Waals surface area contributed by atoms with E-state index in [1.807, 2.05) is 6.07 Å². The molecule has 0 saturated carbocycles. The largest absolute Gasteiger partial charge is 0.398 e. The van der Waals surface area contributed by atoms with Crippen molar-refractivity contribution in [3.8, 4) is 6.07 Å². The van der Waals surface area contributed by atoms with Crippen LogP contribution in [0.25, 0.3) is 0 Å². The number of benzene rings is 1. The smallest absolute Gasteiger partial charge is 0.211 e. The van der Waals surface area contributed by atoms with E-state index in [0.29, 0.717) is 16.8 Å². The van der Waals surface area contributed by atoms with Crippen molar-refractivity contribution in [1.82, 2.24) is 0 Å². The SMILES string of the molecule is N#Cc1cc(C=NN=C(N)N)ccc1N. The number of anilines is 1. The van der Waals surface area contributed by atoms with Crippen LogP contribution in [0.2, 0.25) is 0 Å². The van der Waals surface area contributed by atoms with E-state index in [0.717, 1.165) is 0 Å². The molecule has 6 heteroatoms. The van der Waals surface area contributed by atoms with Crippen LogP contribution in [0.5, 0.6) is 0 Å². The van der Waals surface area contributed by atoms with E-state index in [-0.39, 0.29) is 5.96 Å². The number of hydrogen-bond donors (Lipinski definition) is 3. The molecule has 6 nitrogen and oxygen atoms in total. The quantitative estimate of drug-likeness (QED) is 0.264. The molecule has 0 aliphatic heterocycles. The minimum absolute atomic E-state index is 0.123. The van der Waals surface area contributed by atoms with Gasteiger partial charge in [-0.3, -0.25) is 0 Å². The van der Waals surface area contributed by atoms with Crippen molar-refractivity contribution in [2.24, 2.45) is 21.7 Å². The minimum Gasteiger partial charge on any atom is -0.398 e. The fourth-order valence-corrected chi connectivity index (χ4v) is 0.913. The van der Waals surface area contributed by atoms with Gasteiger partial charge in [-0.1, -0.05) is 6.07 Å². The first-order valence-corrected chi connectivity index (χ1v) is 4.05. The van der Waals surface area contributed by atoms with Crippen LogP contribution in [0.15, 0.2) is 28.4 Å². The average molecular weight is 202 g/mol. The summed E-state index contributed by atoms with van der Waals surface area (Å²) in [5, 5.41) is 15.7. The van der Waals surface area contributed by atoms with Crippen LogP contribution >= 0.6 is 0 Å². The number of guanidine groups is 1. The summed E-state index contributed by atoms with van der Waals surface area (Å²) < 4.78 is 0. The molecule has 0 atom stereocenters. The Morgan fingerprint density at radius 2 is 2.13 bits per heavy atom. The van der Waals surface area contributed by atoms with Crippen molar-refractivity contribution in [3.63, 3.8) is 0 Å². The van der Waals surface area contributed by atoms with E-state index < -0.39 is 0 Å². The van der Waals surface area contributed by atoms with Crippen LogP contribution in [0, 0.1) is 11.3 Å². The average Bonchev–Trinajstić information content (AvgIpc) is 2.20. The number of hydrogen-bond acceptors (Lipinski definition) is 4. The number of rotatable bonds is 2. The van der Waals surface area contributed by atoms with Gasteiger partial charge in [-0.2, -0.15) is 10.4 Å². The number of nitrogen functional groups attached to an aromatic ring is 1. The molecule has 0 aliphatic rings. The lowest BCUT2D eigenvalue weighted by atomic mass is 10.1. The minimum atomic E-state index is -0.123. The maximum atomic E-state index is 8.71. The van der Waals surface area contributed by atoms with Gasteiger partial charge < -0.3 is 17.2 Å². The molecule has 1 aromatic rings. The van der Waals surface area contributed by atoms with Crippen LogP contribution in [0.3, 0.4) is 0 Å². The number of nitrogens with two attached hydrogens (primary N) is 3. The third kappa shape index (κ3) is 3.00. The lowest BCUT2D eigenvalue weighted by Crippen LogP contribution is -2.21. The molecule has 6 N–H and O–H groups in total. The summed E-state index contributed by atoms with van der Waals surface area (Å²) in [5.74, 6) is -0.123. The number of nitriles is 1. The van der Waals surface area contributed by atoms with Crippen LogP contribution < -0.4 is 17.2 Å². The summed E-state index contributed by atoms with van der Waals surface area (Å²) in [5.41, 5.74) is 17.2. The van der Waals surface area contributed by atoms with Gasteiger partial charge in [0, 0.05) is 5.69 Å². The Labute approximate surface area is 86.7 Å². The lowest BCUT2D eigenvalue weighted by Gasteiger charge is -1.97. The highest BCUT2D eigenvalue weighted by atomic mass is 15.3. The van der Waals surface area contributed by atoms with Crippen LogP contribution in [0.4, 0.5) is 5.69 Å². The molecule has 0 radical (unpaired) electrons. The van der Waals surface area contributed by atoms with E-state index in [2.05, 4.69) is 10.2 Å². The van der Waals surface area contributed by atoms with E-state index in [4.69, 9.17) is 22.5 Å².